The number of hydrogen-bond donors (Lipinski definition) is 1. The maximum Gasteiger partial charge on any atom is 0.255 e. The normalized spacial score (nSPS) is 13.9. The molecule has 30 heavy (non-hydrogen) atoms. The van der Waals surface area contributed by atoms with Crippen LogP contribution in [0.25, 0.3) is 22.0 Å². The Hall–Kier alpha value is -3.23. The van der Waals surface area contributed by atoms with Crippen molar-refractivity contribution in [1.82, 2.24) is 29.8 Å². The van der Waals surface area contributed by atoms with Crippen LogP contribution in [0.3, 0.4) is 0 Å². The molecule has 0 saturated carbocycles. The summed E-state index contributed by atoms with van der Waals surface area (Å²) in [6.45, 7) is 4.32. The van der Waals surface area contributed by atoms with Gasteiger partial charge in [-0.05, 0) is 12.5 Å². The van der Waals surface area contributed by atoms with E-state index >= 15 is 0 Å². The van der Waals surface area contributed by atoms with Crippen LogP contribution in [0.4, 0.5) is 0 Å². The maximum atomic E-state index is 12.7. The summed E-state index contributed by atoms with van der Waals surface area (Å²) in [6, 6.07) is 8.29. The van der Waals surface area contributed by atoms with Gasteiger partial charge in [0.15, 0.2) is 0 Å². The number of rotatable bonds is 4. The molecule has 0 radical (unpaired) electrons. The highest BCUT2D eigenvalue weighted by molar-refractivity contribution is 7.15. The molecule has 0 atom stereocenters. The molecule has 0 fully saturated rings. The first kappa shape index (κ1) is 18.8. The maximum absolute atomic E-state index is 12.7. The van der Waals surface area contributed by atoms with E-state index in [-0.39, 0.29) is 5.56 Å². The van der Waals surface area contributed by atoms with E-state index in [1.165, 1.54) is 22.3 Å². The van der Waals surface area contributed by atoms with Crippen LogP contribution >= 0.6 is 11.3 Å². The Kier molecular flexibility index (Phi) is 4.94. The number of nitrogens with one attached hydrogen (secondary N) is 1. The Balaban J connectivity index is 1.34. The fraction of sp³-hybridized carbons (Fsp3) is 0.227. The molecule has 4 aromatic rings. The first-order valence-electron chi connectivity index (χ1n) is 9.78. The zero-order valence-corrected chi connectivity index (χ0v) is 17.3. The molecule has 3 aromatic heterocycles. The fourth-order valence-corrected chi connectivity index (χ4v) is 4.76. The zero-order chi connectivity index (χ0) is 20.5. The third kappa shape index (κ3) is 3.67. The molecule has 0 amide bonds. The van der Waals surface area contributed by atoms with Crippen LogP contribution in [0.1, 0.15) is 21.7 Å². The predicted octanol–water partition coefficient (Wildman–Crippen LogP) is 3.22. The lowest BCUT2D eigenvalue weighted by atomic mass is 10.1. The van der Waals surface area contributed by atoms with E-state index in [1.807, 2.05) is 18.3 Å². The van der Waals surface area contributed by atoms with Gasteiger partial charge in [-0.1, -0.05) is 24.3 Å². The molecule has 4 heterocycles. The number of aryl methyl sites for hydroxylation is 1. The highest BCUT2D eigenvalue weighted by Crippen LogP contribution is 2.29. The first-order chi connectivity index (χ1) is 14.7. The zero-order valence-electron chi connectivity index (χ0n) is 16.5. The largest absolute Gasteiger partial charge is 0.306 e. The minimum absolute atomic E-state index is 0.0894. The van der Waals surface area contributed by atoms with Crippen LogP contribution in [-0.4, -0.2) is 36.4 Å². The van der Waals surface area contributed by atoms with Gasteiger partial charge in [0.1, 0.15) is 17.2 Å². The minimum atomic E-state index is -0.0894. The van der Waals surface area contributed by atoms with Gasteiger partial charge < -0.3 is 4.98 Å². The standard InChI is InChI=1S/C22H20N6OS/c1-14-4-2-3-5-17(14)22-25-10-16(30-22)11-28-7-6-19-18(12-28)21(29)27-20(26-19)15-8-23-13-24-9-15/h2-5,8-10,13H,6-7,11-12H2,1H3,(H,26,27,29). The number of H-pyrrole nitrogens is 1. The predicted molar refractivity (Wildman–Crippen MR) is 116 cm³/mol. The second-order valence-corrected chi connectivity index (χ2v) is 8.49. The van der Waals surface area contributed by atoms with Gasteiger partial charge in [0.25, 0.3) is 5.56 Å². The van der Waals surface area contributed by atoms with E-state index in [1.54, 1.807) is 23.7 Å². The van der Waals surface area contributed by atoms with Crippen molar-refractivity contribution in [3.63, 3.8) is 0 Å². The van der Waals surface area contributed by atoms with Crippen molar-refractivity contribution >= 4 is 11.3 Å². The fourth-order valence-electron chi connectivity index (χ4n) is 3.71. The topological polar surface area (TPSA) is 87.7 Å². The number of thiazole rings is 1. The molecule has 1 aliphatic rings. The average molecular weight is 417 g/mol. The van der Waals surface area contributed by atoms with Crippen molar-refractivity contribution in [3.8, 4) is 22.0 Å². The smallest absolute Gasteiger partial charge is 0.255 e. The summed E-state index contributed by atoms with van der Waals surface area (Å²) in [4.78, 5) is 36.4. The summed E-state index contributed by atoms with van der Waals surface area (Å²) < 4.78 is 0. The highest BCUT2D eigenvalue weighted by Gasteiger charge is 2.22. The Morgan fingerprint density at radius 3 is 2.83 bits per heavy atom. The van der Waals surface area contributed by atoms with Crippen LogP contribution in [0.5, 0.6) is 0 Å². The van der Waals surface area contributed by atoms with Gasteiger partial charge in [-0.15, -0.1) is 11.3 Å². The second kappa shape index (κ2) is 7.89. The van der Waals surface area contributed by atoms with E-state index in [2.05, 4.69) is 48.9 Å². The number of aromatic amines is 1. The van der Waals surface area contributed by atoms with E-state index in [9.17, 15) is 4.79 Å². The van der Waals surface area contributed by atoms with Gasteiger partial charge in [0.05, 0.1) is 16.8 Å². The van der Waals surface area contributed by atoms with Gasteiger partial charge in [0.2, 0.25) is 0 Å². The molecule has 1 N–H and O–H groups in total. The van der Waals surface area contributed by atoms with E-state index in [0.717, 1.165) is 35.8 Å². The van der Waals surface area contributed by atoms with Crippen LogP contribution in [0.2, 0.25) is 0 Å². The van der Waals surface area contributed by atoms with Crippen molar-refractivity contribution in [2.75, 3.05) is 6.54 Å². The monoisotopic (exact) mass is 416 g/mol. The molecule has 5 rings (SSSR count). The van der Waals surface area contributed by atoms with Crippen LogP contribution in [-0.2, 0) is 19.5 Å². The molecular formula is C22H20N6OS. The van der Waals surface area contributed by atoms with Crippen molar-refractivity contribution in [3.05, 3.63) is 81.2 Å². The Morgan fingerprint density at radius 2 is 2.00 bits per heavy atom. The molecule has 0 bridgehead atoms. The van der Waals surface area contributed by atoms with Gasteiger partial charge in [-0.2, -0.15) is 0 Å². The van der Waals surface area contributed by atoms with E-state index < -0.39 is 0 Å². The van der Waals surface area contributed by atoms with Crippen molar-refractivity contribution in [2.45, 2.75) is 26.4 Å². The summed E-state index contributed by atoms with van der Waals surface area (Å²) >= 11 is 1.71. The van der Waals surface area contributed by atoms with Crippen molar-refractivity contribution < 1.29 is 0 Å². The molecule has 150 valence electrons. The lowest BCUT2D eigenvalue weighted by Crippen LogP contribution is -2.35. The molecule has 1 aromatic carbocycles. The van der Waals surface area contributed by atoms with Crippen LogP contribution in [0.15, 0.2) is 54.0 Å². The van der Waals surface area contributed by atoms with Crippen LogP contribution < -0.4 is 5.56 Å². The molecule has 8 heteroatoms. The third-order valence-electron chi connectivity index (χ3n) is 5.29. The van der Waals surface area contributed by atoms with Gasteiger partial charge in [-0.25, -0.2) is 19.9 Å². The number of benzene rings is 1. The number of aromatic nitrogens is 5. The van der Waals surface area contributed by atoms with E-state index in [0.29, 0.717) is 17.9 Å². The average Bonchev–Trinajstić information content (AvgIpc) is 3.23. The van der Waals surface area contributed by atoms with Crippen molar-refractivity contribution in [2.24, 2.45) is 0 Å². The first-order valence-corrected chi connectivity index (χ1v) is 10.6. The van der Waals surface area contributed by atoms with Crippen LogP contribution in [0, 0.1) is 6.92 Å². The second-order valence-electron chi connectivity index (χ2n) is 7.37. The summed E-state index contributed by atoms with van der Waals surface area (Å²) in [7, 11) is 0. The van der Waals surface area contributed by atoms with Gasteiger partial charge in [-0.3, -0.25) is 9.69 Å². The van der Waals surface area contributed by atoms with Gasteiger partial charge >= 0.3 is 0 Å². The number of nitrogens with zero attached hydrogens (tertiary/aromatic N) is 5. The lowest BCUT2D eigenvalue weighted by Gasteiger charge is -2.27. The lowest BCUT2D eigenvalue weighted by molar-refractivity contribution is 0.244. The number of fused-ring (bicyclic) bond motifs is 1. The van der Waals surface area contributed by atoms with Gasteiger partial charge in [0, 0.05) is 55.1 Å². The Morgan fingerprint density at radius 1 is 1.17 bits per heavy atom. The van der Waals surface area contributed by atoms with Crippen molar-refractivity contribution in [1.29, 1.82) is 0 Å². The van der Waals surface area contributed by atoms with E-state index in [4.69, 9.17) is 0 Å². The molecular weight excluding hydrogens is 396 g/mol. The molecule has 1 aliphatic heterocycles. The SMILES string of the molecule is Cc1ccccc1-c1ncc(CN2CCc3nc(-c4cncnc4)[nH]c(=O)c3C2)s1. The number of hydrogen-bond acceptors (Lipinski definition) is 7. The Bertz CT molecular complexity index is 1250. The minimum Gasteiger partial charge on any atom is -0.306 e. The third-order valence-corrected chi connectivity index (χ3v) is 6.31. The summed E-state index contributed by atoms with van der Waals surface area (Å²) in [5.74, 6) is 0.526. The molecule has 0 saturated heterocycles. The quantitative estimate of drug-likeness (QED) is 0.550. The summed E-state index contributed by atoms with van der Waals surface area (Å²) in [5.41, 5.74) is 4.63. The molecule has 0 spiro atoms. The molecule has 0 aliphatic carbocycles. The molecule has 0 unspecified atom stereocenters. The Labute approximate surface area is 177 Å². The summed E-state index contributed by atoms with van der Waals surface area (Å²) in [5, 5.41) is 1.04. The molecule has 7 nitrogen and oxygen atoms in total. The summed E-state index contributed by atoms with van der Waals surface area (Å²) in [6.07, 6.45) is 7.46. The highest BCUT2D eigenvalue weighted by atomic mass is 32.1.